The zero-order valence-electron chi connectivity index (χ0n) is 12.8. The van der Waals surface area contributed by atoms with E-state index in [2.05, 4.69) is 19.6 Å². The van der Waals surface area contributed by atoms with Gasteiger partial charge in [-0.3, -0.25) is 0 Å². The highest BCUT2D eigenvalue weighted by Gasteiger charge is 2.20. The molecule has 0 radical (unpaired) electrons. The van der Waals surface area contributed by atoms with Crippen LogP contribution in [0.4, 0.5) is 0 Å². The molecule has 0 bridgehead atoms. The first kappa shape index (κ1) is 16.0. The SMILES string of the molecule is C[Si](C)(C)CCS(=O)(=O)c1ccc(-c2ccccc2)cc1. The smallest absolute Gasteiger partial charge is 0.178 e. The van der Waals surface area contributed by atoms with Crippen molar-refractivity contribution in [3.63, 3.8) is 0 Å². The van der Waals surface area contributed by atoms with Crippen molar-refractivity contribution in [3.8, 4) is 11.1 Å². The van der Waals surface area contributed by atoms with Gasteiger partial charge in [0.05, 0.1) is 10.6 Å². The van der Waals surface area contributed by atoms with Crippen molar-refractivity contribution in [2.75, 3.05) is 5.75 Å². The average molecular weight is 319 g/mol. The van der Waals surface area contributed by atoms with Gasteiger partial charge in [0.15, 0.2) is 9.84 Å². The largest absolute Gasteiger partial charge is 0.224 e. The zero-order chi connectivity index (χ0) is 15.5. The molecule has 0 saturated carbocycles. The summed E-state index contributed by atoms with van der Waals surface area (Å²) in [5, 5.41) is 0. The number of sulfone groups is 1. The molecule has 0 amide bonds. The molecule has 0 aromatic heterocycles. The van der Waals surface area contributed by atoms with Crippen LogP contribution in [-0.4, -0.2) is 22.2 Å². The van der Waals surface area contributed by atoms with E-state index < -0.39 is 17.9 Å². The lowest BCUT2D eigenvalue weighted by Gasteiger charge is -2.15. The maximum absolute atomic E-state index is 12.3. The van der Waals surface area contributed by atoms with Gasteiger partial charge in [-0.2, -0.15) is 0 Å². The van der Waals surface area contributed by atoms with Gasteiger partial charge in [-0.1, -0.05) is 62.1 Å². The van der Waals surface area contributed by atoms with E-state index in [1.165, 1.54) is 0 Å². The Morgan fingerprint density at radius 1 is 0.810 bits per heavy atom. The van der Waals surface area contributed by atoms with E-state index in [1.807, 2.05) is 42.5 Å². The van der Waals surface area contributed by atoms with E-state index in [4.69, 9.17) is 0 Å². The van der Waals surface area contributed by atoms with Gasteiger partial charge in [-0.05, 0) is 29.3 Å². The van der Waals surface area contributed by atoms with Crippen LogP contribution in [0, 0.1) is 0 Å². The van der Waals surface area contributed by atoms with Crippen molar-refractivity contribution in [2.24, 2.45) is 0 Å². The van der Waals surface area contributed by atoms with Crippen LogP contribution < -0.4 is 0 Å². The standard InChI is InChI=1S/C17H22O2SSi/c1-21(2,3)14-13-20(18,19)17-11-9-16(10-12-17)15-7-5-4-6-8-15/h4-12H,13-14H2,1-3H3. The quantitative estimate of drug-likeness (QED) is 0.762. The van der Waals surface area contributed by atoms with Crippen LogP contribution in [0.2, 0.25) is 25.7 Å². The molecule has 2 aromatic carbocycles. The van der Waals surface area contributed by atoms with E-state index in [0.29, 0.717) is 4.90 Å². The fraction of sp³-hybridized carbons (Fsp3) is 0.294. The summed E-state index contributed by atoms with van der Waals surface area (Å²) < 4.78 is 24.7. The van der Waals surface area contributed by atoms with Crippen LogP contribution in [0.1, 0.15) is 0 Å². The second-order valence-electron chi connectivity index (χ2n) is 6.52. The number of hydrogen-bond donors (Lipinski definition) is 0. The second kappa shape index (κ2) is 6.16. The Kier molecular flexibility index (Phi) is 4.69. The molecule has 0 atom stereocenters. The molecular formula is C17H22O2SSi. The first-order chi connectivity index (χ1) is 9.78. The van der Waals surface area contributed by atoms with E-state index >= 15 is 0 Å². The molecule has 2 aromatic rings. The molecule has 21 heavy (non-hydrogen) atoms. The van der Waals surface area contributed by atoms with Crippen LogP contribution in [0.3, 0.4) is 0 Å². The predicted octanol–water partition coefficient (Wildman–Crippen LogP) is 4.47. The van der Waals surface area contributed by atoms with E-state index in [0.717, 1.165) is 17.2 Å². The third-order valence-electron chi connectivity index (χ3n) is 3.44. The zero-order valence-corrected chi connectivity index (χ0v) is 14.7. The van der Waals surface area contributed by atoms with Crippen LogP contribution in [0.5, 0.6) is 0 Å². The normalized spacial score (nSPS) is 12.3. The monoisotopic (exact) mass is 318 g/mol. The third kappa shape index (κ3) is 4.54. The average Bonchev–Trinajstić information content (AvgIpc) is 2.46. The van der Waals surface area contributed by atoms with Gasteiger partial charge in [0.1, 0.15) is 0 Å². The second-order valence-corrected chi connectivity index (χ2v) is 14.3. The molecule has 0 unspecified atom stereocenters. The molecule has 2 nitrogen and oxygen atoms in total. The fourth-order valence-electron chi connectivity index (χ4n) is 2.04. The third-order valence-corrected chi connectivity index (χ3v) is 7.29. The van der Waals surface area contributed by atoms with Crippen LogP contribution >= 0.6 is 0 Å². The van der Waals surface area contributed by atoms with Crippen molar-refractivity contribution >= 4 is 17.9 Å². The molecule has 4 heteroatoms. The molecule has 0 saturated heterocycles. The van der Waals surface area contributed by atoms with Crippen molar-refractivity contribution in [1.29, 1.82) is 0 Å². The van der Waals surface area contributed by atoms with Crippen molar-refractivity contribution in [1.82, 2.24) is 0 Å². The summed E-state index contributed by atoms with van der Waals surface area (Å²) in [4.78, 5) is 0.431. The molecule has 2 rings (SSSR count). The summed E-state index contributed by atoms with van der Waals surface area (Å²) in [6.07, 6.45) is 0. The summed E-state index contributed by atoms with van der Waals surface area (Å²) in [6.45, 7) is 6.59. The molecule has 0 fully saturated rings. The van der Waals surface area contributed by atoms with Crippen molar-refractivity contribution in [3.05, 3.63) is 54.6 Å². The molecular weight excluding hydrogens is 296 g/mol. The predicted molar refractivity (Wildman–Crippen MR) is 92.1 cm³/mol. The molecule has 0 heterocycles. The van der Waals surface area contributed by atoms with Crippen LogP contribution in [0.25, 0.3) is 11.1 Å². The Morgan fingerprint density at radius 2 is 1.33 bits per heavy atom. The Morgan fingerprint density at radius 3 is 1.86 bits per heavy atom. The lowest BCUT2D eigenvalue weighted by Crippen LogP contribution is -2.23. The highest BCUT2D eigenvalue weighted by atomic mass is 32.2. The Balaban J connectivity index is 2.19. The lowest BCUT2D eigenvalue weighted by molar-refractivity contribution is 0.597. The first-order valence-electron chi connectivity index (χ1n) is 7.16. The summed E-state index contributed by atoms with van der Waals surface area (Å²) in [5.74, 6) is 0.257. The first-order valence-corrected chi connectivity index (χ1v) is 12.5. The molecule has 0 aliphatic carbocycles. The maximum Gasteiger partial charge on any atom is 0.178 e. The maximum atomic E-state index is 12.3. The van der Waals surface area contributed by atoms with Gasteiger partial charge in [-0.25, -0.2) is 8.42 Å². The minimum Gasteiger partial charge on any atom is -0.224 e. The van der Waals surface area contributed by atoms with Gasteiger partial charge in [0.25, 0.3) is 0 Å². The van der Waals surface area contributed by atoms with Crippen LogP contribution in [-0.2, 0) is 9.84 Å². The summed E-state index contributed by atoms with van der Waals surface area (Å²) in [5.41, 5.74) is 2.14. The highest BCUT2D eigenvalue weighted by Crippen LogP contribution is 2.22. The van der Waals surface area contributed by atoms with E-state index in [9.17, 15) is 8.42 Å². The lowest BCUT2D eigenvalue weighted by atomic mass is 10.1. The van der Waals surface area contributed by atoms with Crippen molar-refractivity contribution < 1.29 is 8.42 Å². The Labute approximate surface area is 128 Å². The van der Waals surface area contributed by atoms with Crippen LogP contribution in [0.15, 0.2) is 59.5 Å². The Bertz CT molecular complexity index is 684. The van der Waals surface area contributed by atoms with Gasteiger partial charge >= 0.3 is 0 Å². The van der Waals surface area contributed by atoms with Gasteiger partial charge < -0.3 is 0 Å². The fourth-order valence-corrected chi connectivity index (χ4v) is 6.35. The molecule has 0 N–H and O–H groups in total. The molecule has 112 valence electrons. The van der Waals surface area contributed by atoms with E-state index in [1.54, 1.807) is 12.1 Å². The number of rotatable bonds is 5. The van der Waals surface area contributed by atoms with E-state index in [-0.39, 0.29) is 5.75 Å². The molecule has 0 spiro atoms. The Hall–Kier alpha value is -1.39. The molecule has 0 aliphatic rings. The highest BCUT2D eigenvalue weighted by molar-refractivity contribution is 7.91. The van der Waals surface area contributed by atoms with Gasteiger partial charge in [0.2, 0.25) is 0 Å². The summed E-state index contributed by atoms with van der Waals surface area (Å²) in [7, 11) is -4.50. The topological polar surface area (TPSA) is 34.1 Å². The summed E-state index contributed by atoms with van der Waals surface area (Å²) >= 11 is 0. The minimum absolute atomic E-state index is 0.257. The summed E-state index contributed by atoms with van der Waals surface area (Å²) in [6, 6.07) is 18.0. The van der Waals surface area contributed by atoms with Crippen molar-refractivity contribution in [2.45, 2.75) is 30.6 Å². The minimum atomic E-state index is -3.16. The van der Waals surface area contributed by atoms with Gasteiger partial charge in [0, 0.05) is 8.07 Å². The number of benzene rings is 2. The number of hydrogen-bond acceptors (Lipinski definition) is 2. The van der Waals surface area contributed by atoms with Gasteiger partial charge in [-0.15, -0.1) is 0 Å². The molecule has 0 aliphatic heterocycles.